The van der Waals surface area contributed by atoms with E-state index in [-0.39, 0.29) is 5.95 Å². The SMILES string of the molecule is Nc1nccc(-c2ccnc3[nH]ccc23)n1. The molecular formula is C11H9N5. The van der Waals surface area contributed by atoms with Gasteiger partial charge in [0.15, 0.2) is 0 Å². The highest BCUT2D eigenvalue weighted by molar-refractivity contribution is 5.91. The molecule has 3 aromatic rings. The van der Waals surface area contributed by atoms with E-state index < -0.39 is 0 Å². The molecule has 0 saturated carbocycles. The molecule has 0 aromatic carbocycles. The van der Waals surface area contributed by atoms with Crippen molar-refractivity contribution < 1.29 is 0 Å². The van der Waals surface area contributed by atoms with E-state index in [0.717, 1.165) is 22.3 Å². The van der Waals surface area contributed by atoms with Gasteiger partial charge >= 0.3 is 0 Å². The molecule has 0 aliphatic carbocycles. The van der Waals surface area contributed by atoms with Crippen molar-refractivity contribution in [2.24, 2.45) is 0 Å². The molecule has 0 saturated heterocycles. The molecule has 3 heterocycles. The van der Waals surface area contributed by atoms with E-state index in [2.05, 4.69) is 19.9 Å². The maximum Gasteiger partial charge on any atom is 0.220 e. The minimum absolute atomic E-state index is 0.276. The number of aromatic nitrogens is 4. The predicted molar refractivity (Wildman–Crippen MR) is 61.5 cm³/mol. The molecule has 3 N–H and O–H groups in total. The number of rotatable bonds is 1. The van der Waals surface area contributed by atoms with E-state index in [1.165, 1.54) is 0 Å². The first-order valence-corrected chi connectivity index (χ1v) is 4.85. The van der Waals surface area contributed by atoms with Gasteiger partial charge in [0.05, 0.1) is 5.69 Å². The molecule has 0 bridgehead atoms. The summed E-state index contributed by atoms with van der Waals surface area (Å²) in [7, 11) is 0. The van der Waals surface area contributed by atoms with Gasteiger partial charge < -0.3 is 10.7 Å². The largest absolute Gasteiger partial charge is 0.368 e. The molecule has 0 atom stereocenters. The number of nitrogens with two attached hydrogens (primary N) is 1. The zero-order chi connectivity index (χ0) is 11.0. The molecular weight excluding hydrogens is 202 g/mol. The van der Waals surface area contributed by atoms with Crippen LogP contribution in [0, 0.1) is 0 Å². The summed E-state index contributed by atoms with van der Waals surface area (Å²) in [4.78, 5) is 15.4. The van der Waals surface area contributed by atoms with Crippen LogP contribution in [0.15, 0.2) is 36.8 Å². The van der Waals surface area contributed by atoms with Crippen molar-refractivity contribution >= 4 is 17.0 Å². The van der Waals surface area contributed by atoms with Crippen molar-refractivity contribution in [1.82, 2.24) is 19.9 Å². The van der Waals surface area contributed by atoms with Crippen LogP contribution in [0.1, 0.15) is 0 Å². The fraction of sp³-hybridized carbons (Fsp3) is 0. The normalized spacial score (nSPS) is 10.8. The van der Waals surface area contributed by atoms with E-state index in [1.54, 1.807) is 12.4 Å². The van der Waals surface area contributed by atoms with Gasteiger partial charge in [-0.2, -0.15) is 0 Å². The van der Waals surface area contributed by atoms with Crippen LogP contribution in [0.3, 0.4) is 0 Å². The van der Waals surface area contributed by atoms with E-state index >= 15 is 0 Å². The monoisotopic (exact) mass is 211 g/mol. The standard InChI is InChI=1S/C11H9N5/c12-11-15-6-3-9(16-11)7-1-4-13-10-8(7)2-5-14-10/h1-6H,(H,13,14)(H2,12,15,16). The number of anilines is 1. The second-order valence-electron chi connectivity index (χ2n) is 3.40. The van der Waals surface area contributed by atoms with Crippen LogP contribution < -0.4 is 5.73 Å². The van der Waals surface area contributed by atoms with Crippen LogP contribution in [0.4, 0.5) is 5.95 Å². The quantitative estimate of drug-likeness (QED) is 0.640. The summed E-state index contributed by atoms with van der Waals surface area (Å²) in [6, 6.07) is 5.71. The maximum atomic E-state index is 5.57. The summed E-state index contributed by atoms with van der Waals surface area (Å²) in [6.07, 6.45) is 5.24. The Labute approximate surface area is 91.4 Å². The zero-order valence-electron chi connectivity index (χ0n) is 8.38. The molecule has 0 amide bonds. The molecule has 0 unspecified atom stereocenters. The molecule has 5 nitrogen and oxygen atoms in total. The van der Waals surface area contributed by atoms with Crippen LogP contribution in [0.25, 0.3) is 22.3 Å². The lowest BCUT2D eigenvalue weighted by Gasteiger charge is -2.02. The van der Waals surface area contributed by atoms with Crippen molar-refractivity contribution in [3.63, 3.8) is 0 Å². The Kier molecular flexibility index (Phi) is 1.83. The number of nitrogens with zero attached hydrogens (tertiary/aromatic N) is 3. The lowest BCUT2D eigenvalue weighted by molar-refractivity contribution is 1.19. The van der Waals surface area contributed by atoms with Crippen molar-refractivity contribution in [2.45, 2.75) is 0 Å². The number of nitrogen functional groups attached to an aromatic ring is 1. The summed E-state index contributed by atoms with van der Waals surface area (Å²) in [5.74, 6) is 0.276. The Morgan fingerprint density at radius 2 is 1.94 bits per heavy atom. The van der Waals surface area contributed by atoms with Gasteiger partial charge in [-0.15, -0.1) is 0 Å². The second-order valence-corrected chi connectivity index (χ2v) is 3.40. The summed E-state index contributed by atoms with van der Waals surface area (Å²) in [5.41, 5.74) is 8.22. The molecule has 3 aromatic heterocycles. The number of nitrogens with one attached hydrogen (secondary N) is 1. The maximum absolute atomic E-state index is 5.57. The topological polar surface area (TPSA) is 80.5 Å². The fourth-order valence-electron chi connectivity index (χ4n) is 1.71. The number of hydrogen-bond acceptors (Lipinski definition) is 4. The minimum atomic E-state index is 0.276. The third-order valence-electron chi connectivity index (χ3n) is 2.41. The fourth-order valence-corrected chi connectivity index (χ4v) is 1.71. The van der Waals surface area contributed by atoms with Crippen LogP contribution >= 0.6 is 0 Å². The van der Waals surface area contributed by atoms with Gasteiger partial charge in [-0.1, -0.05) is 0 Å². The van der Waals surface area contributed by atoms with Gasteiger partial charge in [0.1, 0.15) is 5.65 Å². The third kappa shape index (κ3) is 1.30. The Bertz CT molecular complexity index is 643. The van der Waals surface area contributed by atoms with Crippen LogP contribution in [-0.4, -0.2) is 19.9 Å². The number of fused-ring (bicyclic) bond motifs is 1. The molecule has 0 aliphatic rings. The summed E-state index contributed by atoms with van der Waals surface area (Å²) in [5, 5.41) is 1.03. The Morgan fingerprint density at radius 3 is 2.81 bits per heavy atom. The van der Waals surface area contributed by atoms with E-state index in [0.29, 0.717) is 0 Å². The van der Waals surface area contributed by atoms with Gasteiger partial charge in [-0.05, 0) is 18.2 Å². The first kappa shape index (κ1) is 8.84. The minimum Gasteiger partial charge on any atom is -0.368 e. The Hall–Kier alpha value is -2.43. The first-order valence-electron chi connectivity index (χ1n) is 4.85. The lowest BCUT2D eigenvalue weighted by Crippen LogP contribution is -1.95. The van der Waals surface area contributed by atoms with Crippen LogP contribution in [0.2, 0.25) is 0 Å². The average Bonchev–Trinajstić information content (AvgIpc) is 2.76. The van der Waals surface area contributed by atoms with E-state index in [1.807, 2.05) is 24.4 Å². The third-order valence-corrected chi connectivity index (χ3v) is 2.41. The van der Waals surface area contributed by atoms with Crippen molar-refractivity contribution in [3.8, 4) is 11.3 Å². The van der Waals surface area contributed by atoms with Crippen LogP contribution in [0.5, 0.6) is 0 Å². The summed E-state index contributed by atoms with van der Waals surface area (Å²) >= 11 is 0. The van der Waals surface area contributed by atoms with Crippen molar-refractivity contribution in [3.05, 3.63) is 36.8 Å². The molecule has 0 aliphatic heterocycles. The van der Waals surface area contributed by atoms with Crippen molar-refractivity contribution in [1.29, 1.82) is 0 Å². The molecule has 0 radical (unpaired) electrons. The van der Waals surface area contributed by atoms with Crippen molar-refractivity contribution in [2.75, 3.05) is 5.73 Å². The average molecular weight is 211 g/mol. The van der Waals surface area contributed by atoms with Gasteiger partial charge in [0.2, 0.25) is 5.95 Å². The number of pyridine rings is 1. The lowest BCUT2D eigenvalue weighted by atomic mass is 10.1. The second kappa shape index (κ2) is 3.30. The first-order chi connectivity index (χ1) is 7.84. The molecule has 0 spiro atoms. The molecule has 3 rings (SSSR count). The molecule has 0 fully saturated rings. The van der Waals surface area contributed by atoms with Gasteiger partial charge in [0, 0.05) is 29.5 Å². The highest BCUT2D eigenvalue weighted by Crippen LogP contribution is 2.25. The number of hydrogen-bond donors (Lipinski definition) is 2. The Morgan fingerprint density at radius 1 is 1.06 bits per heavy atom. The summed E-state index contributed by atoms with van der Waals surface area (Å²) in [6.45, 7) is 0. The zero-order valence-corrected chi connectivity index (χ0v) is 8.38. The number of H-pyrrole nitrogens is 1. The van der Waals surface area contributed by atoms with E-state index in [4.69, 9.17) is 5.73 Å². The van der Waals surface area contributed by atoms with Gasteiger partial charge in [0.25, 0.3) is 0 Å². The predicted octanol–water partition coefficient (Wildman–Crippen LogP) is 1.60. The van der Waals surface area contributed by atoms with Crippen LogP contribution in [-0.2, 0) is 0 Å². The molecule has 16 heavy (non-hydrogen) atoms. The van der Waals surface area contributed by atoms with E-state index in [9.17, 15) is 0 Å². The number of aromatic amines is 1. The highest BCUT2D eigenvalue weighted by atomic mass is 15.0. The Balaban J connectivity index is 2.29. The molecule has 5 heteroatoms. The highest BCUT2D eigenvalue weighted by Gasteiger charge is 2.06. The van der Waals surface area contributed by atoms with Gasteiger partial charge in [-0.25, -0.2) is 15.0 Å². The summed E-state index contributed by atoms with van der Waals surface area (Å²) < 4.78 is 0. The smallest absolute Gasteiger partial charge is 0.220 e. The van der Waals surface area contributed by atoms with Gasteiger partial charge in [-0.3, -0.25) is 0 Å². The molecule has 78 valence electrons.